The number of nitrogens with zero attached hydrogens (tertiary/aromatic N) is 4. The summed E-state index contributed by atoms with van der Waals surface area (Å²) < 4.78 is 10.8. The van der Waals surface area contributed by atoms with Crippen molar-refractivity contribution in [3.05, 3.63) is 66.4 Å². The lowest BCUT2D eigenvalue weighted by Gasteiger charge is -2.20. The van der Waals surface area contributed by atoms with Gasteiger partial charge in [-0.15, -0.1) is 10.2 Å². The second-order valence-corrected chi connectivity index (χ2v) is 8.95. The highest BCUT2D eigenvalue weighted by molar-refractivity contribution is 6.03. The molecule has 2 aromatic heterocycles. The summed E-state index contributed by atoms with van der Waals surface area (Å²) in [5.74, 6) is 1.91. The zero-order chi connectivity index (χ0) is 25.6. The number of carbonyl (C=O) groups is 1. The maximum Gasteiger partial charge on any atom is 0.273 e. The first-order valence-electron chi connectivity index (χ1n) is 12.4. The molecular weight excluding hydrogens is 468 g/mol. The summed E-state index contributed by atoms with van der Waals surface area (Å²) in [5, 5.41) is 19.0. The van der Waals surface area contributed by atoms with Gasteiger partial charge in [-0.05, 0) is 61.4 Å². The van der Waals surface area contributed by atoms with Gasteiger partial charge in [-0.1, -0.05) is 25.0 Å². The number of hydrogen-bond donors (Lipinski definition) is 2. The fraction of sp³-hybridized carbons (Fsp3) is 0.286. The molecule has 1 amide bonds. The predicted octanol–water partition coefficient (Wildman–Crippen LogP) is 5.18. The molecule has 9 nitrogen and oxygen atoms in total. The average molecular weight is 499 g/mol. The molecule has 3 heterocycles. The maximum atomic E-state index is 13.0. The first-order valence-corrected chi connectivity index (χ1v) is 12.4. The standard InChI is InChI=1S/C28H30N6O3/c1-36-21-10-12-26(37-2)22(17-21)24-18-25(32-31-24)28(35)29-20-9-7-8-19(16-20)23-11-13-27(33-30-23)34-14-5-3-4-6-15-34/h7-13,16-18H,3-6,14-15H2,1-2H3,(H,29,35)(H,31,32). The van der Waals surface area contributed by atoms with Gasteiger partial charge in [0.2, 0.25) is 0 Å². The van der Waals surface area contributed by atoms with E-state index in [2.05, 4.69) is 30.6 Å². The van der Waals surface area contributed by atoms with Gasteiger partial charge in [-0.3, -0.25) is 9.89 Å². The molecule has 5 rings (SSSR count). The van der Waals surface area contributed by atoms with Crippen LogP contribution in [-0.2, 0) is 0 Å². The van der Waals surface area contributed by atoms with Gasteiger partial charge in [-0.2, -0.15) is 5.10 Å². The minimum Gasteiger partial charge on any atom is -0.497 e. The molecule has 0 saturated carbocycles. The van der Waals surface area contributed by atoms with Gasteiger partial charge in [0.25, 0.3) is 5.91 Å². The van der Waals surface area contributed by atoms with Crippen LogP contribution in [0.2, 0.25) is 0 Å². The Balaban J connectivity index is 1.30. The number of anilines is 2. The molecule has 0 atom stereocenters. The first-order chi connectivity index (χ1) is 18.1. The Morgan fingerprint density at radius 1 is 0.892 bits per heavy atom. The van der Waals surface area contributed by atoms with Crippen molar-refractivity contribution in [3.63, 3.8) is 0 Å². The normalized spacial score (nSPS) is 13.6. The highest BCUT2D eigenvalue weighted by Crippen LogP contribution is 2.32. The van der Waals surface area contributed by atoms with Crippen LogP contribution in [-0.4, -0.2) is 53.6 Å². The van der Waals surface area contributed by atoms with Crippen molar-refractivity contribution in [2.45, 2.75) is 25.7 Å². The van der Waals surface area contributed by atoms with E-state index in [4.69, 9.17) is 9.47 Å². The largest absolute Gasteiger partial charge is 0.497 e. The minimum atomic E-state index is -0.305. The molecule has 1 aliphatic rings. The van der Waals surface area contributed by atoms with Crippen molar-refractivity contribution in [3.8, 4) is 34.0 Å². The number of ether oxygens (including phenoxy) is 2. The van der Waals surface area contributed by atoms with Crippen molar-refractivity contribution in [1.29, 1.82) is 0 Å². The zero-order valence-corrected chi connectivity index (χ0v) is 21.0. The fourth-order valence-electron chi connectivity index (χ4n) is 4.49. The third-order valence-corrected chi connectivity index (χ3v) is 6.50. The Morgan fingerprint density at radius 2 is 1.73 bits per heavy atom. The van der Waals surface area contributed by atoms with E-state index >= 15 is 0 Å². The van der Waals surface area contributed by atoms with Crippen molar-refractivity contribution >= 4 is 17.4 Å². The van der Waals surface area contributed by atoms with Crippen LogP contribution in [0, 0.1) is 0 Å². The minimum absolute atomic E-state index is 0.305. The molecule has 0 radical (unpaired) electrons. The van der Waals surface area contributed by atoms with Gasteiger partial charge in [0.05, 0.1) is 25.6 Å². The van der Waals surface area contributed by atoms with E-state index in [1.807, 2.05) is 48.5 Å². The fourth-order valence-corrected chi connectivity index (χ4v) is 4.49. The van der Waals surface area contributed by atoms with Gasteiger partial charge in [0.15, 0.2) is 5.82 Å². The van der Waals surface area contributed by atoms with E-state index < -0.39 is 0 Å². The molecule has 0 aliphatic carbocycles. The molecule has 0 unspecified atom stereocenters. The predicted molar refractivity (Wildman–Crippen MR) is 143 cm³/mol. The van der Waals surface area contributed by atoms with E-state index in [1.54, 1.807) is 26.4 Å². The molecule has 2 aromatic carbocycles. The summed E-state index contributed by atoms with van der Waals surface area (Å²) in [6.45, 7) is 2.05. The van der Waals surface area contributed by atoms with Gasteiger partial charge < -0.3 is 19.7 Å². The van der Waals surface area contributed by atoms with Crippen LogP contribution in [0.1, 0.15) is 36.2 Å². The quantitative estimate of drug-likeness (QED) is 0.361. The Bertz CT molecular complexity index is 1360. The maximum absolute atomic E-state index is 13.0. The highest BCUT2D eigenvalue weighted by atomic mass is 16.5. The van der Waals surface area contributed by atoms with Crippen LogP contribution >= 0.6 is 0 Å². The number of H-pyrrole nitrogens is 1. The second-order valence-electron chi connectivity index (χ2n) is 8.95. The van der Waals surface area contributed by atoms with Gasteiger partial charge >= 0.3 is 0 Å². The van der Waals surface area contributed by atoms with Gasteiger partial charge in [-0.25, -0.2) is 0 Å². The summed E-state index contributed by atoms with van der Waals surface area (Å²) in [6, 6.07) is 18.7. The highest BCUT2D eigenvalue weighted by Gasteiger charge is 2.16. The third-order valence-electron chi connectivity index (χ3n) is 6.50. The van der Waals surface area contributed by atoms with Crippen molar-refractivity contribution < 1.29 is 14.3 Å². The average Bonchev–Trinajstić information content (AvgIpc) is 3.28. The molecule has 1 fully saturated rings. The van der Waals surface area contributed by atoms with E-state index in [1.165, 1.54) is 25.7 Å². The number of benzene rings is 2. The summed E-state index contributed by atoms with van der Waals surface area (Å²) in [7, 11) is 3.18. The van der Waals surface area contributed by atoms with Crippen LogP contribution in [0.15, 0.2) is 60.7 Å². The Hall–Kier alpha value is -4.40. The number of hydrogen-bond acceptors (Lipinski definition) is 7. The lowest BCUT2D eigenvalue weighted by molar-refractivity contribution is 0.102. The molecule has 1 aliphatic heterocycles. The van der Waals surface area contributed by atoms with Gasteiger partial charge in [0, 0.05) is 29.9 Å². The van der Waals surface area contributed by atoms with Crippen LogP contribution in [0.5, 0.6) is 11.5 Å². The number of amides is 1. The molecular formula is C28H30N6O3. The molecule has 190 valence electrons. The molecule has 2 N–H and O–H groups in total. The summed E-state index contributed by atoms with van der Waals surface area (Å²) >= 11 is 0. The summed E-state index contributed by atoms with van der Waals surface area (Å²) in [4.78, 5) is 15.3. The zero-order valence-electron chi connectivity index (χ0n) is 21.0. The number of rotatable bonds is 7. The Labute approximate surface area is 215 Å². The van der Waals surface area contributed by atoms with E-state index in [0.717, 1.165) is 35.7 Å². The van der Waals surface area contributed by atoms with E-state index in [0.29, 0.717) is 28.6 Å². The number of nitrogens with one attached hydrogen (secondary N) is 2. The molecule has 9 heteroatoms. The molecule has 0 spiro atoms. The molecule has 4 aromatic rings. The lowest BCUT2D eigenvalue weighted by atomic mass is 10.1. The topological polar surface area (TPSA) is 105 Å². The lowest BCUT2D eigenvalue weighted by Crippen LogP contribution is -2.25. The first kappa shape index (κ1) is 24.3. The van der Waals surface area contributed by atoms with E-state index in [9.17, 15) is 4.79 Å². The van der Waals surface area contributed by atoms with Crippen LogP contribution in [0.3, 0.4) is 0 Å². The molecule has 37 heavy (non-hydrogen) atoms. The van der Waals surface area contributed by atoms with Crippen molar-refractivity contribution in [1.82, 2.24) is 20.4 Å². The second kappa shape index (κ2) is 11.1. The van der Waals surface area contributed by atoms with Crippen LogP contribution in [0.25, 0.3) is 22.5 Å². The number of carbonyl (C=O) groups excluding carboxylic acids is 1. The van der Waals surface area contributed by atoms with Crippen LogP contribution in [0.4, 0.5) is 11.5 Å². The Morgan fingerprint density at radius 3 is 2.46 bits per heavy atom. The van der Waals surface area contributed by atoms with E-state index in [-0.39, 0.29) is 5.91 Å². The van der Waals surface area contributed by atoms with Crippen molar-refractivity contribution in [2.24, 2.45) is 0 Å². The monoisotopic (exact) mass is 498 g/mol. The molecule has 1 saturated heterocycles. The van der Waals surface area contributed by atoms with Crippen LogP contribution < -0.4 is 19.7 Å². The Kier molecular flexibility index (Phi) is 7.30. The number of methoxy groups -OCH3 is 2. The number of aromatic nitrogens is 4. The molecule has 0 bridgehead atoms. The number of aromatic amines is 1. The van der Waals surface area contributed by atoms with Crippen molar-refractivity contribution in [2.75, 3.05) is 37.5 Å². The third kappa shape index (κ3) is 5.55. The summed E-state index contributed by atoms with van der Waals surface area (Å²) in [6.07, 6.45) is 4.93. The summed E-state index contributed by atoms with van der Waals surface area (Å²) in [5.41, 5.74) is 3.90. The smallest absolute Gasteiger partial charge is 0.273 e. The van der Waals surface area contributed by atoms with Gasteiger partial charge in [0.1, 0.15) is 17.2 Å². The SMILES string of the molecule is COc1ccc(OC)c(-c2cc(C(=O)Nc3cccc(-c4ccc(N5CCCCCC5)nn4)c3)[nH]n2)c1.